The van der Waals surface area contributed by atoms with E-state index in [0.29, 0.717) is 31.6 Å². The van der Waals surface area contributed by atoms with Crippen LogP contribution in [0.5, 0.6) is 0 Å². The van der Waals surface area contributed by atoms with Gasteiger partial charge in [0.05, 0.1) is 51.9 Å². The summed E-state index contributed by atoms with van der Waals surface area (Å²) in [6.07, 6.45) is 9.57. The molecule has 3 aliphatic heterocycles. The number of hydrogen-bond acceptors (Lipinski definition) is 9. The molecule has 0 N–H and O–H groups in total. The third-order valence-electron chi connectivity index (χ3n) is 30.5. The van der Waals surface area contributed by atoms with Gasteiger partial charge in [0, 0.05) is 47.0 Å². The van der Waals surface area contributed by atoms with Crippen LogP contribution in [0.2, 0.25) is 0 Å². The average Bonchev–Trinajstić information content (AvgIpc) is 1.18. The maximum atomic E-state index is 5.98. The molecule has 3 aliphatic rings. The first-order valence-corrected chi connectivity index (χ1v) is 50.7. The highest BCUT2D eigenvalue weighted by Gasteiger charge is 2.50. The van der Waals surface area contributed by atoms with Crippen LogP contribution in [0.25, 0.3) is 230 Å². The van der Waals surface area contributed by atoms with E-state index in [1.54, 1.807) is 0 Å². The Morgan fingerprint density at radius 3 is 0.864 bits per heavy atom. The van der Waals surface area contributed by atoms with Crippen LogP contribution in [-0.4, -0.2) is 69.0 Å². The minimum absolute atomic E-state index is 0.233. The summed E-state index contributed by atoms with van der Waals surface area (Å²) >= 11 is 0. The molecular weight excluding hydrogens is 1790 g/mol. The maximum Gasteiger partial charge on any atom is 0.218 e. The van der Waals surface area contributed by atoms with Gasteiger partial charge in [0.25, 0.3) is 0 Å². The number of fused-ring (bicyclic) bond motifs is 12. The summed E-state index contributed by atoms with van der Waals surface area (Å²) in [5.74, 6) is 2.31. The highest BCUT2D eigenvalue weighted by Crippen LogP contribution is 2.52. The maximum absolute atomic E-state index is 5.98. The molecule has 9 nitrogen and oxygen atoms in total. The van der Waals surface area contributed by atoms with Crippen LogP contribution < -0.4 is 4.90 Å². The zero-order valence-corrected chi connectivity index (χ0v) is 82.5. The minimum atomic E-state index is -0.292. The number of ether oxygens (including phenoxy) is 2. The van der Waals surface area contributed by atoms with Crippen LogP contribution in [0.1, 0.15) is 58.2 Å². The van der Waals surface area contributed by atoms with Crippen molar-refractivity contribution in [2.45, 2.75) is 58.2 Å². The van der Waals surface area contributed by atoms with Crippen molar-refractivity contribution in [3.63, 3.8) is 0 Å². The Bertz CT molecular complexity index is 9780. The molecule has 0 amide bonds. The first-order valence-electron chi connectivity index (χ1n) is 50.7. The summed E-state index contributed by atoms with van der Waals surface area (Å²) in [5, 5.41) is 29.6. The predicted octanol–water partition coefficient (Wildman–Crippen LogP) is 35.2. The Morgan fingerprint density at radius 1 is 0.224 bits per heavy atom. The third-order valence-corrected chi connectivity index (χ3v) is 30.5. The number of amidine groups is 1. The van der Waals surface area contributed by atoms with Crippen molar-refractivity contribution < 1.29 is 9.47 Å². The number of rotatable bonds is 13. The van der Waals surface area contributed by atoms with E-state index in [-0.39, 0.29) is 16.6 Å². The number of pyridine rings is 3. The van der Waals surface area contributed by atoms with Crippen molar-refractivity contribution in [2.24, 2.45) is 15.0 Å². The second-order valence-corrected chi connectivity index (χ2v) is 40.7. The Kier molecular flexibility index (Phi) is 22.0. The van der Waals surface area contributed by atoms with Gasteiger partial charge in [-0.2, -0.15) is 0 Å². The molecule has 0 atom stereocenters. The molecule has 0 saturated carbocycles. The van der Waals surface area contributed by atoms with Crippen molar-refractivity contribution in [1.82, 2.24) is 15.0 Å². The molecule has 0 bridgehead atoms. The van der Waals surface area contributed by atoms with Gasteiger partial charge in [-0.3, -0.25) is 19.9 Å². The predicted molar refractivity (Wildman–Crippen MR) is 619 cm³/mol. The van der Waals surface area contributed by atoms with Gasteiger partial charge in [-0.1, -0.05) is 358 Å². The molecule has 0 radical (unpaired) electrons. The van der Waals surface area contributed by atoms with E-state index in [9.17, 15) is 0 Å². The van der Waals surface area contributed by atoms with Gasteiger partial charge in [0.2, 0.25) is 11.8 Å². The Hall–Kier alpha value is -18.2. The largest absolute Gasteiger partial charge is 0.475 e. The first kappa shape index (κ1) is 89.0. The summed E-state index contributed by atoms with van der Waals surface area (Å²) in [5.41, 5.74) is 24.2. The van der Waals surface area contributed by atoms with Gasteiger partial charge in [-0.15, -0.1) is 0 Å². The number of aromatic nitrogens is 3. The summed E-state index contributed by atoms with van der Waals surface area (Å²) in [4.78, 5) is 31.3. The summed E-state index contributed by atoms with van der Waals surface area (Å²) < 4.78 is 11.7. The number of anilines is 1. The molecule has 700 valence electrons. The second-order valence-electron chi connectivity index (χ2n) is 40.7. The smallest absolute Gasteiger partial charge is 0.218 e. The molecule has 0 spiro atoms. The lowest BCUT2D eigenvalue weighted by Gasteiger charge is -2.41. The van der Waals surface area contributed by atoms with Crippen LogP contribution in [-0.2, 0) is 9.47 Å². The van der Waals surface area contributed by atoms with Crippen LogP contribution in [0, 0.1) is 0 Å². The number of nitrogens with zero attached hydrogens (tertiary/aromatic N) is 7. The zero-order valence-electron chi connectivity index (χ0n) is 82.5. The zero-order chi connectivity index (χ0) is 98.6. The van der Waals surface area contributed by atoms with E-state index in [1.165, 1.54) is 196 Å². The van der Waals surface area contributed by atoms with Crippen molar-refractivity contribution >= 4 is 153 Å². The fraction of sp³-hybridized carbons (Fsp3) is 0.0870. The molecule has 28 rings (SSSR count). The fourth-order valence-electron chi connectivity index (χ4n) is 22.6. The molecule has 0 aliphatic carbocycles. The second kappa shape index (κ2) is 36.3. The minimum Gasteiger partial charge on any atom is -0.475 e. The van der Waals surface area contributed by atoms with Crippen molar-refractivity contribution in [2.75, 3.05) is 24.7 Å². The molecule has 0 saturated heterocycles. The average molecular weight is 1890 g/mol. The number of hydrogen-bond donors (Lipinski definition) is 0. The summed E-state index contributed by atoms with van der Waals surface area (Å²) in [6, 6.07) is 159. The SMILES string of the molecule is CC1(C)COC(c2cncc(-c3ccc4c(-c5ccc6ccccc6c5)c5ccccc5c(-c5ccc6ccccc6c5)c4c3)c2)=N1.CC1(C)N=C(c2ccccc2)N(c2ccc(-c3ccc4c(-c5ccc6ccccc6c5)c5ccccc5c(-c5ccc6ccccc6c5)c4c3)nc2)C1(C)C.c1ccc2cc(-c3c4ccccc4c(-c4ccc5ccccc5c4)c4cc(-c5cncc(C6=NCCO6)c5)ccc34)ccc2c1. The molecule has 25 aromatic rings. The molecular formula is C138H101N7O2. The molecule has 6 heterocycles. The van der Waals surface area contributed by atoms with Gasteiger partial charge in [-0.05, 0) is 328 Å². The highest BCUT2D eigenvalue weighted by molar-refractivity contribution is 6.27. The lowest BCUT2D eigenvalue weighted by Crippen LogP contribution is -2.53. The van der Waals surface area contributed by atoms with Gasteiger partial charge in [0.1, 0.15) is 19.0 Å². The molecule has 0 unspecified atom stereocenters. The van der Waals surface area contributed by atoms with Crippen molar-refractivity contribution in [3.05, 3.63) is 484 Å². The van der Waals surface area contributed by atoms with E-state index >= 15 is 0 Å². The third kappa shape index (κ3) is 16.2. The monoisotopic (exact) mass is 1890 g/mol. The fourth-order valence-corrected chi connectivity index (χ4v) is 22.6. The van der Waals surface area contributed by atoms with Gasteiger partial charge in [-0.25, -0.2) is 9.98 Å². The Morgan fingerprint density at radius 2 is 0.531 bits per heavy atom. The lowest BCUT2D eigenvalue weighted by atomic mass is 9.83. The molecule has 9 heteroatoms. The van der Waals surface area contributed by atoms with Crippen LogP contribution in [0.4, 0.5) is 5.69 Å². The molecule has 22 aromatic carbocycles. The topological polar surface area (TPSA) is 97.5 Å². The van der Waals surface area contributed by atoms with Crippen molar-refractivity contribution in [1.29, 1.82) is 0 Å². The number of benzene rings is 22. The van der Waals surface area contributed by atoms with Gasteiger partial charge in [0.15, 0.2) is 0 Å². The van der Waals surface area contributed by atoms with Crippen LogP contribution in [0.3, 0.4) is 0 Å². The van der Waals surface area contributed by atoms with Gasteiger partial charge >= 0.3 is 0 Å². The first-order chi connectivity index (χ1) is 72.1. The molecule has 0 fully saturated rings. The lowest BCUT2D eigenvalue weighted by molar-refractivity contribution is 0.279. The highest BCUT2D eigenvalue weighted by atomic mass is 16.5. The van der Waals surface area contributed by atoms with Gasteiger partial charge < -0.3 is 14.4 Å². The standard InChI is InChI=1S/C52H41N3.C44H32N2O.C42H28N2O/c1-51(2)52(3,4)55(50(54-51)36-16-6-5-7-17-36)42-27-29-47(53-33-42)39-26-28-45-46(32-39)49(41-25-23-35-15-9-11-19-38(35)31-41)44-21-13-12-20-43(44)48(45)40-24-22-34-14-8-10-18-37(34)30-40;1-44(2)27-47-43(46-44)36-23-35(25-45-26-36)32-19-20-39-40(24-32)42(34-18-16-29-10-4-6-12-31(29)22-34)38-14-8-7-13-37(38)41(39)33-17-15-28-9-3-5-11-30(28)21-33;1-3-9-29-21-32(15-13-27(29)7-1)40-36-11-5-6-12-37(36)41(33-16-14-28-8-2-4-10-30(28)22-33)39-24-31(17-18-38(39)40)34-23-35(26-43-25-34)42-44-19-20-45-42/h5-33H,1-4H3;3-26H,27H2,1-2H3;1-18,21-26H,19-20H2. The summed E-state index contributed by atoms with van der Waals surface area (Å²) in [7, 11) is 0. The van der Waals surface area contributed by atoms with Crippen LogP contribution >= 0.6 is 0 Å². The summed E-state index contributed by atoms with van der Waals surface area (Å²) in [6.45, 7) is 15.0. The molecule has 147 heavy (non-hydrogen) atoms. The van der Waals surface area contributed by atoms with E-state index in [0.717, 1.165) is 61.7 Å². The van der Waals surface area contributed by atoms with E-state index in [1.807, 2.05) is 31.0 Å². The van der Waals surface area contributed by atoms with E-state index in [2.05, 4.69) is 498 Å². The van der Waals surface area contributed by atoms with Crippen LogP contribution in [0.15, 0.2) is 483 Å². The Balaban J connectivity index is 0.000000112. The van der Waals surface area contributed by atoms with E-state index in [4.69, 9.17) is 24.4 Å². The van der Waals surface area contributed by atoms with Crippen molar-refractivity contribution in [3.8, 4) is 100 Å². The quantitative estimate of drug-likeness (QED) is 0.107. The Labute approximate surface area is 853 Å². The normalized spacial score (nSPS) is 14.1. The van der Waals surface area contributed by atoms with E-state index < -0.39 is 0 Å². The number of aliphatic imine (C=N–C) groups is 3. The molecule has 3 aromatic heterocycles.